The summed E-state index contributed by atoms with van der Waals surface area (Å²) >= 11 is 0. The minimum atomic E-state index is -0.194. The molecule has 0 bridgehead atoms. The number of nitrogens with one attached hydrogen (secondary N) is 3. The Labute approximate surface area is 135 Å². The number of aromatic nitrogens is 1. The van der Waals surface area contributed by atoms with Crippen LogP contribution in [0, 0.1) is 0 Å². The number of ether oxygens (including phenoxy) is 1. The molecule has 0 aliphatic carbocycles. The monoisotopic (exact) mass is 317 g/mol. The number of hydrogen-bond acceptors (Lipinski definition) is 3. The Balaban J connectivity index is 1.96. The van der Waals surface area contributed by atoms with Crippen LogP contribution in [0.3, 0.4) is 0 Å². The Hall–Kier alpha value is -2.50. The highest BCUT2D eigenvalue weighted by atomic mass is 16.5. The maximum Gasteiger partial charge on any atom is 0.267 e. The van der Waals surface area contributed by atoms with Gasteiger partial charge in [0, 0.05) is 37.0 Å². The second-order valence-electron chi connectivity index (χ2n) is 5.37. The topological polar surface area (TPSA) is 83.2 Å². The summed E-state index contributed by atoms with van der Waals surface area (Å²) in [7, 11) is 0. The second-order valence-corrected chi connectivity index (χ2v) is 5.37. The molecule has 0 saturated carbocycles. The summed E-state index contributed by atoms with van der Waals surface area (Å²) in [5.74, 6) is 0.492. The summed E-state index contributed by atoms with van der Waals surface area (Å²) < 4.78 is 5.67. The molecule has 0 radical (unpaired) electrons. The fourth-order valence-electron chi connectivity index (χ4n) is 2.16. The standard InChI is InChI=1S/C17H23N3O3/c1-3-4-9-23-14-6-5-13-10-16(20-15(13)11-14)17(22)19-8-7-18-12(2)21/h5-6,10-11,20H,3-4,7-9H2,1-2H3,(H,18,21)(H,19,22). The van der Waals surface area contributed by atoms with Gasteiger partial charge in [0.15, 0.2) is 0 Å². The van der Waals surface area contributed by atoms with Crippen LogP contribution in [0.2, 0.25) is 0 Å². The predicted octanol–water partition coefficient (Wildman–Crippen LogP) is 2.21. The van der Waals surface area contributed by atoms with Gasteiger partial charge in [-0.25, -0.2) is 0 Å². The Bertz CT molecular complexity index is 679. The van der Waals surface area contributed by atoms with E-state index >= 15 is 0 Å². The van der Waals surface area contributed by atoms with E-state index in [0.29, 0.717) is 25.4 Å². The number of carbonyl (C=O) groups excluding carboxylic acids is 2. The van der Waals surface area contributed by atoms with Crippen LogP contribution >= 0.6 is 0 Å². The third-order valence-corrected chi connectivity index (χ3v) is 3.39. The summed E-state index contributed by atoms with van der Waals surface area (Å²) in [6.45, 7) is 5.06. The predicted molar refractivity (Wildman–Crippen MR) is 89.7 cm³/mol. The van der Waals surface area contributed by atoms with Gasteiger partial charge in [0.25, 0.3) is 5.91 Å². The van der Waals surface area contributed by atoms with Crippen LogP contribution in [-0.2, 0) is 4.79 Å². The van der Waals surface area contributed by atoms with Gasteiger partial charge >= 0.3 is 0 Å². The van der Waals surface area contributed by atoms with Crippen molar-refractivity contribution in [2.45, 2.75) is 26.7 Å². The van der Waals surface area contributed by atoms with Crippen LogP contribution in [0.4, 0.5) is 0 Å². The molecule has 0 fully saturated rings. The number of aromatic amines is 1. The minimum Gasteiger partial charge on any atom is -0.494 e. The van der Waals surface area contributed by atoms with Crippen LogP contribution in [0.1, 0.15) is 37.2 Å². The van der Waals surface area contributed by atoms with Gasteiger partial charge < -0.3 is 20.4 Å². The van der Waals surface area contributed by atoms with Crippen molar-refractivity contribution in [1.82, 2.24) is 15.6 Å². The molecule has 2 rings (SSSR count). The van der Waals surface area contributed by atoms with E-state index < -0.39 is 0 Å². The van der Waals surface area contributed by atoms with Crippen LogP contribution in [0.15, 0.2) is 24.3 Å². The normalized spacial score (nSPS) is 10.5. The van der Waals surface area contributed by atoms with Crippen LogP contribution in [0.25, 0.3) is 10.9 Å². The Morgan fingerprint density at radius 1 is 1.17 bits per heavy atom. The van der Waals surface area contributed by atoms with Crippen molar-refractivity contribution in [2.75, 3.05) is 19.7 Å². The zero-order valence-corrected chi connectivity index (χ0v) is 13.6. The molecule has 1 aromatic heterocycles. The van der Waals surface area contributed by atoms with Crippen molar-refractivity contribution < 1.29 is 14.3 Å². The fourth-order valence-corrected chi connectivity index (χ4v) is 2.16. The lowest BCUT2D eigenvalue weighted by atomic mass is 10.2. The molecule has 1 heterocycles. The molecule has 124 valence electrons. The summed E-state index contributed by atoms with van der Waals surface area (Å²) in [6, 6.07) is 7.55. The maximum atomic E-state index is 12.1. The molecule has 0 aliphatic heterocycles. The van der Waals surface area contributed by atoms with E-state index in [2.05, 4.69) is 22.5 Å². The van der Waals surface area contributed by atoms with Crippen LogP contribution in [-0.4, -0.2) is 36.5 Å². The summed E-state index contributed by atoms with van der Waals surface area (Å²) in [4.78, 5) is 25.9. The molecule has 0 unspecified atom stereocenters. The van der Waals surface area contributed by atoms with Gasteiger partial charge in [-0.2, -0.15) is 0 Å². The Kier molecular flexibility index (Phi) is 6.02. The minimum absolute atomic E-state index is 0.111. The molecule has 0 saturated heterocycles. The zero-order valence-electron chi connectivity index (χ0n) is 13.6. The zero-order chi connectivity index (χ0) is 16.7. The second kappa shape index (κ2) is 8.22. The SMILES string of the molecule is CCCCOc1ccc2cc(C(=O)NCCNC(C)=O)[nH]c2c1. The lowest BCUT2D eigenvalue weighted by Crippen LogP contribution is -2.33. The van der Waals surface area contributed by atoms with E-state index in [-0.39, 0.29) is 11.8 Å². The van der Waals surface area contributed by atoms with Gasteiger partial charge in [-0.05, 0) is 24.6 Å². The fraction of sp³-hybridized carbons (Fsp3) is 0.412. The molecule has 0 atom stereocenters. The summed E-state index contributed by atoms with van der Waals surface area (Å²) in [5.41, 5.74) is 1.36. The summed E-state index contributed by atoms with van der Waals surface area (Å²) in [5, 5.41) is 6.34. The third-order valence-electron chi connectivity index (χ3n) is 3.39. The first kappa shape index (κ1) is 16.9. The molecule has 0 spiro atoms. The number of fused-ring (bicyclic) bond motifs is 1. The molecule has 23 heavy (non-hydrogen) atoms. The first-order chi connectivity index (χ1) is 11.1. The molecular weight excluding hydrogens is 294 g/mol. The van der Waals surface area contributed by atoms with E-state index in [4.69, 9.17) is 4.74 Å². The molecule has 6 heteroatoms. The highest BCUT2D eigenvalue weighted by Gasteiger charge is 2.09. The lowest BCUT2D eigenvalue weighted by molar-refractivity contribution is -0.118. The number of amides is 2. The summed E-state index contributed by atoms with van der Waals surface area (Å²) in [6.07, 6.45) is 2.11. The third kappa shape index (κ3) is 5.02. The molecule has 2 aromatic rings. The molecule has 1 aromatic carbocycles. The number of carbonyl (C=O) groups is 2. The number of unbranched alkanes of at least 4 members (excludes halogenated alkanes) is 1. The Morgan fingerprint density at radius 3 is 2.70 bits per heavy atom. The number of H-pyrrole nitrogens is 1. The molecular formula is C17H23N3O3. The van der Waals surface area contributed by atoms with Gasteiger partial charge in [0.05, 0.1) is 6.61 Å². The quantitative estimate of drug-likeness (QED) is 0.653. The van der Waals surface area contributed by atoms with E-state index in [1.165, 1.54) is 6.92 Å². The van der Waals surface area contributed by atoms with Gasteiger partial charge in [0.1, 0.15) is 11.4 Å². The van der Waals surface area contributed by atoms with Crippen molar-refractivity contribution in [3.05, 3.63) is 30.0 Å². The van der Waals surface area contributed by atoms with E-state index in [0.717, 1.165) is 29.5 Å². The number of rotatable bonds is 8. The van der Waals surface area contributed by atoms with Gasteiger partial charge in [-0.3, -0.25) is 9.59 Å². The van der Waals surface area contributed by atoms with Crippen molar-refractivity contribution >= 4 is 22.7 Å². The number of benzene rings is 1. The van der Waals surface area contributed by atoms with Gasteiger partial charge in [-0.1, -0.05) is 13.3 Å². The van der Waals surface area contributed by atoms with E-state index in [9.17, 15) is 9.59 Å². The smallest absolute Gasteiger partial charge is 0.267 e. The van der Waals surface area contributed by atoms with Gasteiger partial charge in [0.2, 0.25) is 5.91 Å². The largest absolute Gasteiger partial charge is 0.494 e. The van der Waals surface area contributed by atoms with Crippen molar-refractivity contribution in [1.29, 1.82) is 0 Å². The van der Waals surface area contributed by atoms with Crippen LogP contribution in [0.5, 0.6) is 5.75 Å². The number of hydrogen-bond donors (Lipinski definition) is 3. The van der Waals surface area contributed by atoms with Crippen molar-refractivity contribution in [3.8, 4) is 5.75 Å². The van der Waals surface area contributed by atoms with Gasteiger partial charge in [-0.15, -0.1) is 0 Å². The lowest BCUT2D eigenvalue weighted by Gasteiger charge is -2.04. The first-order valence-corrected chi connectivity index (χ1v) is 7.88. The highest BCUT2D eigenvalue weighted by molar-refractivity contribution is 5.98. The molecule has 3 N–H and O–H groups in total. The maximum absolute atomic E-state index is 12.1. The molecule has 6 nitrogen and oxygen atoms in total. The average molecular weight is 317 g/mol. The molecule has 2 amide bonds. The van der Waals surface area contributed by atoms with Crippen molar-refractivity contribution in [3.63, 3.8) is 0 Å². The van der Waals surface area contributed by atoms with Crippen molar-refractivity contribution in [2.24, 2.45) is 0 Å². The highest BCUT2D eigenvalue weighted by Crippen LogP contribution is 2.21. The van der Waals surface area contributed by atoms with E-state index in [1.807, 2.05) is 18.2 Å². The first-order valence-electron chi connectivity index (χ1n) is 7.88. The van der Waals surface area contributed by atoms with Crippen LogP contribution < -0.4 is 15.4 Å². The average Bonchev–Trinajstić information content (AvgIpc) is 2.95. The Morgan fingerprint density at radius 2 is 1.96 bits per heavy atom. The molecule has 0 aliphatic rings. The van der Waals surface area contributed by atoms with E-state index in [1.54, 1.807) is 6.07 Å².